The Kier molecular flexibility index (Phi) is 10.3. The van der Waals surface area contributed by atoms with E-state index in [9.17, 15) is 8.42 Å². The van der Waals surface area contributed by atoms with Crippen molar-refractivity contribution < 1.29 is 13.2 Å². The number of para-hydroxylation sites is 1. The number of nitrogens with zero attached hydrogens (tertiary/aromatic N) is 1. The molecule has 0 aliphatic carbocycles. The molecular formula is C23H34N4O3S. The standard InChI is InChI=1S/C23H34N4O3S/c1-4-24-23(25-15-10-16-30-22-13-6-5-7-14-22)26-17-20-11-8-9-12-21(20)18-31(28,29)27-19(2)3/h5-9,11-14,19,27H,4,10,15-18H2,1-3H3,(H2,24,25,26). The highest BCUT2D eigenvalue weighted by Gasteiger charge is 2.15. The number of sulfonamides is 1. The highest BCUT2D eigenvalue weighted by Crippen LogP contribution is 2.14. The number of aliphatic imine (C=N–C) groups is 1. The molecule has 0 radical (unpaired) electrons. The Hall–Kier alpha value is -2.58. The first-order valence-electron chi connectivity index (χ1n) is 10.7. The van der Waals surface area contributed by atoms with Gasteiger partial charge in [-0.25, -0.2) is 18.1 Å². The van der Waals surface area contributed by atoms with E-state index in [1.54, 1.807) is 0 Å². The normalized spacial score (nSPS) is 12.1. The van der Waals surface area contributed by atoms with Crippen LogP contribution in [0.25, 0.3) is 0 Å². The highest BCUT2D eigenvalue weighted by molar-refractivity contribution is 7.88. The molecule has 2 rings (SSSR count). The summed E-state index contributed by atoms with van der Waals surface area (Å²) in [4.78, 5) is 4.63. The summed E-state index contributed by atoms with van der Waals surface area (Å²) < 4.78 is 33.0. The molecule has 31 heavy (non-hydrogen) atoms. The van der Waals surface area contributed by atoms with E-state index in [2.05, 4.69) is 20.3 Å². The van der Waals surface area contributed by atoms with Crippen molar-refractivity contribution >= 4 is 16.0 Å². The van der Waals surface area contributed by atoms with Crippen LogP contribution in [-0.4, -0.2) is 40.1 Å². The lowest BCUT2D eigenvalue weighted by Gasteiger charge is -2.14. The lowest BCUT2D eigenvalue weighted by Crippen LogP contribution is -2.38. The maximum absolute atomic E-state index is 12.3. The van der Waals surface area contributed by atoms with Crippen LogP contribution in [0.15, 0.2) is 59.6 Å². The summed E-state index contributed by atoms with van der Waals surface area (Å²) in [6.07, 6.45) is 0.828. The molecule has 170 valence electrons. The molecule has 2 aromatic rings. The second-order valence-corrected chi connectivity index (χ2v) is 9.19. The predicted molar refractivity (Wildman–Crippen MR) is 127 cm³/mol. The van der Waals surface area contributed by atoms with E-state index in [0.717, 1.165) is 29.8 Å². The molecule has 0 aromatic heterocycles. The number of rotatable bonds is 12. The van der Waals surface area contributed by atoms with E-state index in [-0.39, 0.29) is 11.8 Å². The van der Waals surface area contributed by atoms with Crippen LogP contribution in [0.5, 0.6) is 5.75 Å². The van der Waals surface area contributed by atoms with E-state index >= 15 is 0 Å². The molecule has 7 nitrogen and oxygen atoms in total. The molecule has 0 heterocycles. The lowest BCUT2D eigenvalue weighted by molar-refractivity contribution is 0.311. The zero-order valence-corrected chi connectivity index (χ0v) is 19.4. The van der Waals surface area contributed by atoms with Crippen molar-refractivity contribution in [2.24, 2.45) is 4.99 Å². The number of hydrogen-bond acceptors (Lipinski definition) is 4. The van der Waals surface area contributed by atoms with E-state index in [1.165, 1.54) is 0 Å². The zero-order valence-electron chi connectivity index (χ0n) is 18.6. The summed E-state index contributed by atoms with van der Waals surface area (Å²) in [6, 6.07) is 17.1. The van der Waals surface area contributed by atoms with Gasteiger partial charge in [-0.05, 0) is 50.5 Å². The summed E-state index contributed by atoms with van der Waals surface area (Å²) >= 11 is 0. The van der Waals surface area contributed by atoms with Gasteiger partial charge < -0.3 is 15.4 Å². The van der Waals surface area contributed by atoms with Crippen molar-refractivity contribution in [3.8, 4) is 5.75 Å². The van der Waals surface area contributed by atoms with Gasteiger partial charge in [-0.2, -0.15) is 0 Å². The van der Waals surface area contributed by atoms with Gasteiger partial charge in [0, 0.05) is 19.1 Å². The molecular weight excluding hydrogens is 412 g/mol. The fourth-order valence-electron chi connectivity index (χ4n) is 2.95. The predicted octanol–water partition coefficient (Wildman–Crippen LogP) is 3.04. The van der Waals surface area contributed by atoms with E-state index in [0.29, 0.717) is 25.7 Å². The van der Waals surface area contributed by atoms with Gasteiger partial charge in [0.1, 0.15) is 5.75 Å². The first kappa shape index (κ1) is 24.7. The second kappa shape index (κ2) is 13.0. The third-order valence-corrected chi connectivity index (χ3v) is 5.78. The van der Waals surface area contributed by atoms with Gasteiger partial charge in [-0.15, -0.1) is 0 Å². The largest absolute Gasteiger partial charge is 0.494 e. The third kappa shape index (κ3) is 9.85. The van der Waals surface area contributed by atoms with Gasteiger partial charge >= 0.3 is 0 Å². The molecule has 0 bridgehead atoms. The van der Waals surface area contributed by atoms with Crippen LogP contribution in [0.4, 0.5) is 0 Å². The third-order valence-electron chi connectivity index (χ3n) is 4.26. The van der Waals surface area contributed by atoms with Crippen LogP contribution < -0.4 is 20.1 Å². The minimum atomic E-state index is -3.39. The average Bonchev–Trinajstić information content (AvgIpc) is 2.72. The summed E-state index contributed by atoms with van der Waals surface area (Å²) in [6.45, 7) is 8.09. The Balaban J connectivity index is 1.91. The van der Waals surface area contributed by atoms with Crippen LogP contribution in [-0.2, 0) is 22.3 Å². The van der Waals surface area contributed by atoms with Gasteiger partial charge in [0.15, 0.2) is 5.96 Å². The minimum absolute atomic E-state index is 0.0579. The monoisotopic (exact) mass is 446 g/mol. The van der Waals surface area contributed by atoms with Gasteiger partial charge in [-0.3, -0.25) is 0 Å². The van der Waals surface area contributed by atoms with Crippen LogP contribution >= 0.6 is 0 Å². The van der Waals surface area contributed by atoms with Gasteiger partial charge in [-0.1, -0.05) is 42.5 Å². The van der Waals surface area contributed by atoms with Crippen LogP contribution in [0, 0.1) is 0 Å². The maximum Gasteiger partial charge on any atom is 0.216 e. The van der Waals surface area contributed by atoms with Gasteiger partial charge in [0.2, 0.25) is 10.0 Å². The first-order valence-corrected chi connectivity index (χ1v) is 12.3. The Labute approximate surface area is 186 Å². The Bertz CT molecular complexity index is 915. The molecule has 0 saturated carbocycles. The number of benzene rings is 2. The quantitative estimate of drug-likeness (QED) is 0.265. The molecule has 0 saturated heterocycles. The highest BCUT2D eigenvalue weighted by atomic mass is 32.2. The summed E-state index contributed by atoms with van der Waals surface area (Å²) in [5, 5.41) is 6.52. The average molecular weight is 447 g/mol. The molecule has 3 N–H and O–H groups in total. The van der Waals surface area contributed by atoms with E-state index in [1.807, 2.05) is 75.4 Å². The molecule has 0 aliphatic rings. The van der Waals surface area contributed by atoms with E-state index < -0.39 is 10.0 Å². The fraction of sp³-hybridized carbons (Fsp3) is 0.435. The van der Waals surface area contributed by atoms with Crippen molar-refractivity contribution in [2.75, 3.05) is 19.7 Å². The molecule has 0 atom stereocenters. The summed E-state index contributed by atoms with van der Waals surface area (Å²) in [5.74, 6) is 1.50. The van der Waals surface area contributed by atoms with Crippen LogP contribution in [0.1, 0.15) is 38.3 Å². The minimum Gasteiger partial charge on any atom is -0.494 e. The van der Waals surface area contributed by atoms with Crippen LogP contribution in [0.3, 0.4) is 0 Å². The topological polar surface area (TPSA) is 91.8 Å². The van der Waals surface area contributed by atoms with Gasteiger partial charge in [0.05, 0.1) is 18.9 Å². The molecule has 0 amide bonds. The maximum atomic E-state index is 12.3. The van der Waals surface area contributed by atoms with Crippen molar-refractivity contribution in [1.82, 2.24) is 15.4 Å². The SMILES string of the molecule is CCNC(=NCc1ccccc1CS(=O)(=O)NC(C)C)NCCCOc1ccccc1. The Morgan fingerprint density at radius 3 is 2.35 bits per heavy atom. The molecule has 0 fully saturated rings. The molecule has 0 unspecified atom stereocenters. The molecule has 2 aromatic carbocycles. The second-order valence-electron chi connectivity index (χ2n) is 7.44. The van der Waals surface area contributed by atoms with Gasteiger partial charge in [0.25, 0.3) is 0 Å². The Morgan fingerprint density at radius 1 is 1.00 bits per heavy atom. The summed E-state index contributed by atoms with van der Waals surface area (Å²) in [5.41, 5.74) is 1.65. The van der Waals surface area contributed by atoms with Crippen molar-refractivity contribution in [3.63, 3.8) is 0 Å². The number of hydrogen-bond donors (Lipinski definition) is 3. The number of guanidine groups is 1. The molecule has 0 spiro atoms. The van der Waals surface area contributed by atoms with Crippen molar-refractivity contribution in [3.05, 3.63) is 65.7 Å². The lowest BCUT2D eigenvalue weighted by atomic mass is 10.1. The number of nitrogens with one attached hydrogen (secondary N) is 3. The van der Waals surface area contributed by atoms with Crippen molar-refractivity contribution in [1.29, 1.82) is 0 Å². The van der Waals surface area contributed by atoms with E-state index in [4.69, 9.17) is 4.74 Å². The number of ether oxygens (including phenoxy) is 1. The van der Waals surface area contributed by atoms with Crippen LogP contribution in [0.2, 0.25) is 0 Å². The fourth-order valence-corrected chi connectivity index (χ4v) is 4.44. The zero-order chi connectivity index (χ0) is 22.5. The first-order chi connectivity index (χ1) is 14.9. The summed E-state index contributed by atoms with van der Waals surface area (Å²) in [7, 11) is -3.39. The molecule has 8 heteroatoms. The van der Waals surface area contributed by atoms with Crippen molar-refractivity contribution in [2.45, 2.75) is 45.5 Å². The Morgan fingerprint density at radius 2 is 1.68 bits per heavy atom. The molecule has 0 aliphatic heterocycles. The smallest absolute Gasteiger partial charge is 0.216 e.